The highest BCUT2D eigenvalue weighted by Gasteiger charge is 2.32. The Hall–Kier alpha value is -2.78. The molecule has 0 aliphatic rings. The van der Waals surface area contributed by atoms with E-state index in [1.807, 2.05) is 0 Å². The molecule has 2 aromatic rings. The molecule has 112 valence electrons. The molecule has 0 bridgehead atoms. The van der Waals surface area contributed by atoms with Crippen molar-refractivity contribution in [3.63, 3.8) is 0 Å². The number of rotatable bonds is 3. The maximum Gasteiger partial charge on any atom is 0.573 e. The molecule has 0 saturated carbocycles. The topological polar surface area (TPSA) is 115 Å². The fourth-order valence-electron chi connectivity index (χ4n) is 1.52. The zero-order valence-corrected chi connectivity index (χ0v) is 10.8. The van der Waals surface area contributed by atoms with Crippen molar-refractivity contribution in [2.45, 2.75) is 13.3 Å². The molecule has 0 amide bonds. The molecule has 0 aliphatic heterocycles. The maximum atomic E-state index is 12.2. The summed E-state index contributed by atoms with van der Waals surface area (Å²) in [4.78, 5) is 0. The first-order valence-corrected chi connectivity index (χ1v) is 5.64. The minimum atomic E-state index is -4.78. The summed E-state index contributed by atoms with van der Waals surface area (Å²) in [6.45, 7) is 1.43. The second kappa shape index (κ2) is 5.31. The zero-order valence-electron chi connectivity index (χ0n) is 10.8. The van der Waals surface area contributed by atoms with Crippen LogP contribution in [0.3, 0.4) is 0 Å². The molecule has 0 aliphatic carbocycles. The number of ether oxygens (including phenoxy) is 1. The van der Waals surface area contributed by atoms with Gasteiger partial charge in [-0.2, -0.15) is 5.10 Å². The van der Waals surface area contributed by atoms with Crippen molar-refractivity contribution in [2.75, 3.05) is 11.5 Å². The van der Waals surface area contributed by atoms with E-state index in [4.69, 9.17) is 11.5 Å². The van der Waals surface area contributed by atoms with Gasteiger partial charge in [-0.3, -0.25) is 5.10 Å². The Morgan fingerprint density at radius 2 is 1.95 bits per heavy atom. The van der Waals surface area contributed by atoms with E-state index in [0.717, 1.165) is 0 Å². The highest BCUT2D eigenvalue weighted by Crippen LogP contribution is 2.34. The Bertz CT molecular complexity index is 660. The van der Waals surface area contributed by atoms with E-state index in [1.165, 1.54) is 25.1 Å². The minimum absolute atomic E-state index is 0.0385. The lowest BCUT2D eigenvalue weighted by Gasteiger charge is -2.11. The van der Waals surface area contributed by atoms with E-state index in [-0.39, 0.29) is 34.3 Å². The van der Waals surface area contributed by atoms with Crippen LogP contribution < -0.4 is 16.2 Å². The van der Waals surface area contributed by atoms with E-state index in [2.05, 4.69) is 25.2 Å². The van der Waals surface area contributed by atoms with Gasteiger partial charge in [-0.1, -0.05) is 6.07 Å². The molecular weight excluding hydrogens is 289 g/mol. The monoisotopic (exact) mass is 300 g/mol. The molecule has 0 atom stereocenters. The average Bonchev–Trinajstić information content (AvgIpc) is 2.69. The Morgan fingerprint density at radius 3 is 2.52 bits per heavy atom. The molecule has 0 radical (unpaired) electrons. The van der Waals surface area contributed by atoms with Gasteiger partial charge in [0.25, 0.3) is 0 Å². The summed E-state index contributed by atoms with van der Waals surface area (Å²) in [7, 11) is 0. The van der Waals surface area contributed by atoms with Crippen LogP contribution in [-0.2, 0) is 0 Å². The Kier molecular flexibility index (Phi) is 3.70. The largest absolute Gasteiger partial charge is 0.573 e. The van der Waals surface area contributed by atoms with Gasteiger partial charge in [-0.05, 0) is 19.1 Å². The molecule has 7 nitrogen and oxygen atoms in total. The molecule has 2 rings (SSSR count). The summed E-state index contributed by atoms with van der Waals surface area (Å²) in [5.74, 6) is -0.208. The van der Waals surface area contributed by atoms with Crippen LogP contribution in [0.2, 0.25) is 0 Å². The molecule has 5 N–H and O–H groups in total. The number of nitrogens with two attached hydrogens (primary N) is 2. The molecule has 1 aromatic heterocycles. The van der Waals surface area contributed by atoms with Crippen LogP contribution in [0, 0.1) is 6.92 Å². The highest BCUT2D eigenvalue weighted by molar-refractivity contribution is 5.70. The van der Waals surface area contributed by atoms with Gasteiger partial charge in [0.2, 0.25) is 0 Å². The number of azo groups is 1. The fourth-order valence-corrected chi connectivity index (χ4v) is 1.52. The van der Waals surface area contributed by atoms with Gasteiger partial charge in [0.1, 0.15) is 11.6 Å². The van der Waals surface area contributed by atoms with Crippen molar-refractivity contribution in [2.24, 2.45) is 10.2 Å². The lowest BCUT2D eigenvalue weighted by atomic mass is 10.2. The maximum absolute atomic E-state index is 12.2. The molecule has 1 heterocycles. The number of nitrogen functional groups attached to an aromatic ring is 2. The van der Waals surface area contributed by atoms with Crippen LogP contribution in [0.4, 0.5) is 36.2 Å². The van der Waals surface area contributed by atoms with Crippen molar-refractivity contribution < 1.29 is 17.9 Å². The smallest absolute Gasteiger partial charge is 0.405 e. The van der Waals surface area contributed by atoms with Crippen molar-refractivity contribution in [3.8, 4) is 5.75 Å². The lowest BCUT2D eigenvalue weighted by molar-refractivity contribution is -0.274. The van der Waals surface area contributed by atoms with Gasteiger partial charge in [0.15, 0.2) is 11.5 Å². The number of nitrogens with one attached hydrogen (secondary N) is 1. The van der Waals surface area contributed by atoms with E-state index >= 15 is 0 Å². The molecule has 0 fully saturated rings. The number of aromatic amines is 1. The van der Waals surface area contributed by atoms with Crippen molar-refractivity contribution in [1.29, 1.82) is 0 Å². The molecule has 0 spiro atoms. The van der Waals surface area contributed by atoms with E-state index < -0.39 is 6.36 Å². The number of halogens is 3. The van der Waals surface area contributed by atoms with Gasteiger partial charge in [-0.15, -0.1) is 23.4 Å². The summed E-state index contributed by atoms with van der Waals surface area (Å²) in [5, 5.41) is 13.6. The molecule has 0 saturated heterocycles. The number of aromatic nitrogens is 2. The van der Waals surface area contributed by atoms with Crippen LogP contribution in [0.5, 0.6) is 5.75 Å². The minimum Gasteiger partial charge on any atom is -0.405 e. The van der Waals surface area contributed by atoms with E-state index in [9.17, 15) is 13.2 Å². The van der Waals surface area contributed by atoms with Crippen LogP contribution in [0.1, 0.15) is 5.56 Å². The first kappa shape index (κ1) is 14.6. The molecule has 1 aromatic carbocycles. The van der Waals surface area contributed by atoms with Gasteiger partial charge in [0.05, 0.1) is 5.69 Å². The molecule has 10 heteroatoms. The highest BCUT2D eigenvalue weighted by atomic mass is 19.4. The predicted octanol–water partition coefficient (Wildman–Crippen LogP) is 3.20. The van der Waals surface area contributed by atoms with Crippen LogP contribution in [0.25, 0.3) is 0 Å². The van der Waals surface area contributed by atoms with Crippen molar-refractivity contribution >= 4 is 23.0 Å². The average molecular weight is 300 g/mol. The second-order valence-electron chi connectivity index (χ2n) is 4.02. The van der Waals surface area contributed by atoms with E-state index in [1.54, 1.807) is 0 Å². The normalized spacial score (nSPS) is 12.0. The van der Waals surface area contributed by atoms with Gasteiger partial charge in [-0.25, -0.2) is 0 Å². The number of nitrogens with zero attached hydrogens (tertiary/aromatic N) is 3. The third kappa shape index (κ3) is 3.41. The van der Waals surface area contributed by atoms with Gasteiger partial charge >= 0.3 is 6.36 Å². The molecule has 0 unspecified atom stereocenters. The SMILES string of the molecule is Cc1c(N=Nc2c(N)n[nH]c2N)cccc1OC(F)(F)F. The third-order valence-electron chi connectivity index (χ3n) is 2.53. The van der Waals surface area contributed by atoms with Gasteiger partial charge < -0.3 is 16.2 Å². The summed E-state index contributed by atoms with van der Waals surface area (Å²) in [6.07, 6.45) is -4.78. The second-order valence-corrected chi connectivity index (χ2v) is 4.02. The number of hydrogen-bond donors (Lipinski definition) is 3. The summed E-state index contributed by atoms with van der Waals surface area (Å²) in [6, 6.07) is 4.03. The number of hydrogen-bond acceptors (Lipinski definition) is 6. The summed E-state index contributed by atoms with van der Waals surface area (Å²) >= 11 is 0. The number of benzene rings is 1. The first-order chi connectivity index (χ1) is 9.78. The number of anilines is 2. The van der Waals surface area contributed by atoms with Crippen LogP contribution >= 0.6 is 0 Å². The van der Waals surface area contributed by atoms with Crippen LogP contribution in [0.15, 0.2) is 28.4 Å². The molecular formula is C11H11F3N6O. The standard InChI is InChI=1S/C11H11F3N6O/c1-5-6(3-2-4-7(5)21-11(12,13)14)17-18-8-9(15)19-20-10(8)16/h2-4H,1H3,(H5,15,16,19,20). The molecule has 21 heavy (non-hydrogen) atoms. The number of alkyl halides is 3. The predicted molar refractivity (Wildman–Crippen MR) is 69.5 cm³/mol. The summed E-state index contributed by atoms with van der Waals surface area (Å²) < 4.78 is 40.6. The number of H-pyrrole nitrogens is 1. The van der Waals surface area contributed by atoms with E-state index in [0.29, 0.717) is 0 Å². The Morgan fingerprint density at radius 1 is 1.24 bits per heavy atom. The van der Waals surface area contributed by atoms with Crippen molar-refractivity contribution in [1.82, 2.24) is 10.2 Å². The third-order valence-corrected chi connectivity index (χ3v) is 2.53. The fraction of sp³-hybridized carbons (Fsp3) is 0.182. The quantitative estimate of drug-likeness (QED) is 0.755. The zero-order chi connectivity index (χ0) is 15.6. The lowest BCUT2D eigenvalue weighted by Crippen LogP contribution is -2.17. The van der Waals surface area contributed by atoms with Crippen molar-refractivity contribution in [3.05, 3.63) is 23.8 Å². The first-order valence-electron chi connectivity index (χ1n) is 5.64. The van der Waals surface area contributed by atoms with Gasteiger partial charge in [0, 0.05) is 5.56 Å². The Balaban J connectivity index is 2.31. The summed E-state index contributed by atoms with van der Waals surface area (Å²) in [5.41, 5.74) is 11.5. The Labute approximate surface area is 116 Å². The van der Waals surface area contributed by atoms with Crippen LogP contribution in [-0.4, -0.2) is 16.6 Å².